The maximum absolute atomic E-state index is 15.0. The van der Waals surface area contributed by atoms with Gasteiger partial charge in [0.1, 0.15) is 17.2 Å². The fraction of sp³-hybridized carbons (Fsp3) is 0.346. The summed E-state index contributed by atoms with van der Waals surface area (Å²) in [5.41, 5.74) is 3.32. The summed E-state index contributed by atoms with van der Waals surface area (Å²) in [7, 11) is 0. The van der Waals surface area contributed by atoms with Gasteiger partial charge in [0.05, 0.1) is 0 Å². The van der Waals surface area contributed by atoms with E-state index < -0.39 is 11.6 Å². The minimum absolute atomic E-state index is 0.0892. The smallest absolute Gasteiger partial charge is 0.270 e. The van der Waals surface area contributed by atoms with Crippen LogP contribution in [0, 0.1) is 0 Å². The Bertz CT molecular complexity index is 922. The molecule has 0 saturated heterocycles. The lowest BCUT2D eigenvalue weighted by Crippen LogP contribution is -2.12. The molecule has 0 aliphatic carbocycles. The molecule has 160 valence electrons. The van der Waals surface area contributed by atoms with Gasteiger partial charge in [-0.1, -0.05) is 25.7 Å². The van der Waals surface area contributed by atoms with E-state index in [2.05, 4.69) is 31.4 Å². The third-order valence-corrected chi connectivity index (χ3v) is 4.73. The van der Waals surface area contributed by atoms with E-state index in [4.69, 9.17) is 4.74 Å². The number of allylic oxidation sites excluding steroid dienone is 3. The molecule has 2 aromatic rings. The first kappa shape index (κ1) is 23.6. The molecule has 2 aromatic carbocycles. The zero-order chi connectivity index (χ0) is 22.4. The summed E-state index contributed by atoms with van der Waals surface area (Å²) >= 11 is 0. The second kappa shape index (κ2) is 9.86. The van der Waals surface area contributed by atoms with E-state index >= 15 is 4.39 Å². The molecule has 0 bridgehead atoms. The Morgan fingerprint density at radius 3 is 2.17 bits per heavy atom. The second-order valence-electron chi connectivity index (χ2n) is 7.77. The molecule has 2 rings (SSSR count). The molecule has 0 amide bonds. The van der Waals surface area contributed by atoms with Gasteiger partial charge in [0, 0.05) is 23.6 Å². The Kier molecular flexibility index (Phi) is 7.75. The summed E-state index contributed by atoms with van der Waals surface area (Å²) in [6, 6.07) is 10.8. The highest BCUT2D eigenvalue weighted by Gasteiger charge is 2.25. The highest BCUT2D eigenvalue weighted by atomic mass is 19.3. The van der Waals surface area contributed by atoms with Crippen LogP contribution >= 0.6 is 0 Å². The van der Waals surface area contributed by atoms with Crippen molar-refractivity contribution in [3.05, 3.63) is 83.6 Å². The lowest BCUT2D eigenvalue weighted by Gasteiger charge is -2.21. The van der Waals surface area contributed by atoms with Gasteiger partial charge in [-0.05, 0) is 81.1 Å². The predicted octanol–water partition coefficient (Wildman–Crippen LogP) is 8.71. The number of hydrogen-bond acceptors (Lipinski definition) is 1. The predicted molar refractivity (Wildman–Crippen MR) is 118 cm³/mol. The second-order valence-corrected chi connectivity index (χ2v) is 7.77. The van der Waals surface area contributed by atoms with Crippen molar-refractivity contribution in [1.29, 1.82) is 0 Å². The molecule has 0 radical (unpaired) electrons. The van der Waals surface area contributed by atoms with Crippen LogP contribution in [0.25, 0.3) is 5.57 Å². The number of halogens is 3. The zero-order valence-electron chi connectivity index (χ0n) is 18.1. The monoisotopic (exact) mass is 414 g/mol. The Morgan fingerprint density at radius 2 is 1.63 bits per heavy atom. The van der Waals surface area contributed by atoms with E-state index in [0.29, 0.717) is 23.5 Å². The van der Waals surface area contributed by atoms with Crippen molar-refractivity contribution in [3.8, 4) is 11.5 Å². The average Bonchev–Trinajstić information content (AvgIpc) is 2.67. The largest absolute Gasteiger partial charge is 0.457 e. The van der Waals surface area contributed by atoms with Crippen molar-refractivity contribution < 1.29 is 17.9 Å². The molecule has 0 N–H and O–H groups in total. The van der Waals surface area contributed by atoms with Gasteiger partial charge in [-0.25, -0.2) is 13.2 Å². The first-order valence-corrected chi connectivity index (χ1v) is 10.1. The number of ether oxygens (including phenoxy) is 1. The Balaban J connectivity index is 2.32. The average molecular weight is 415 g/mol. The van der Waals surface area contributed by atoms with Crippen LogP contribution in [0.15, 0.2) is 66.9 Å². The summed E-state index contributed by atoms with van der Waals surface area (Å²) < 4.78 is 47.6. The van der Waals surface area contributed by atoms with E-state index in [9.17, 15) is 8.78 Å². The molecular weight excluding hydrogens is 385 g/mol. The first-order chi connectivity index (χ1) is 14.1. The SMILES string of the molecule is C=C=C(CC/C=C\CC)c1ccc(Oc2ccc(C(C)(F)F)cc2)cc1C(C)(C)F. The number of alkyl halides is 3. The fourth-order valence-corrected chi connectivity index (χ4v) is 3.12. The van der Waals surface area contributed by atoms with Crippen LogP contribution in [-0.4, -0.2) is 0 Å². The van der Waals surface area contributed by atoms with Gasteiger partial charge in [-0.15, -0.1) is 5.73 Å². The van der Waals surface area contributed by atoms with Gasteiger partial charge in [-0.2, -0.15) is 0 Å². The van der Waals surface area contributed by atoms with Crippen molar-refractivity contribution in [3.63, 3.8) is 0 Å². The molecule has 0 unspecified atom stereocenters. The van der Waals surface area contributed by atoms with Crippen LogP contribution in [0.4, 0.5) is 13.2 Å². The summed E-state index contributed by atoms with van der Waals surface area (Å²) in [4.78, 5) is 0. The van der Waals surface area contributed by atoms with Crippen molar-refractivity contribution >= 4 is 5.57 Å². The maximum atomic E-state index is 15.0. The van der Waals surface area contributed by atoms with E-state index in [1.165, 1.54) is 38.1 Å². The van der Waals surface area contributed by atoms with Crippen molar-refractivity contribution in [1.82, 2.24) is 0 Å². The molecule has 0 atom stereocenters. The molecule has 0 aliphatic heterocycles. The van der Waals surface area contributed by atoms with E-state index in [1.54, 1.807) is 18.2 Å². The summed E-state index contributed by atoms with van der Waals surface area (Å²) in [6.45, 7) is 9.68. The van der Waals surface area contributed by atoms with Gasteiger partial charge in [0.15, 0.2) is 0 Å². The van der Waals surface area contributed by atoms with Crippen molar-refractivity contribution in [2.45, 2.75) is 58.5 Å². The highest BCUT2D eigenvalue weighted by molar-refractivity contribution is 5.69. The first-order valence-electron chi connectivity index (χ1n) is 10.1. The topological polar surface area (TPSA) is 9.23 Å². The van der Waals surface area contributed by atoms with Crippen LogP contribution in [0.5, 0.6) is 11.5 Å². The van der Waals surface area contributed by atoms with Crippen LogP contribution in [-0.2, 0) is 11.6 Å². The molecule has 0 fully saturated rings. The summed E-state index contributed by atoms with van der Waals surface area (Å²) in [5, 5.41) is 0. The lowest BCUT2D eigenvalue weighted by molar-refractivity contribution is 0.0174. The number of hydrogen-bond donors (Lipinski definition) is 0. The Labute approximate surface area is 177 Å². The van der Waals surface area contributed by atoms with Crippen molar-refractivity contribution in [2.75, 3.05) is 0 Å². The van der Waals surface area contributed by atoms with Crippen LogP contribution in [0.2, 0.25) is 0 Å². The Morgan fingerprint density at radius 1 is 1.00 bits per heavy atom. The van der Waals surface area contributed by atoms with Crippen molar-refractivity contribution in [2.24, 2.45) is 0 Å². The Hall–Kier alpha value is -2.71. The van der Waals surface area contributed by atoms with E-state index in [-0.39, 0.29) is 5.56 Å². The minimum atomic E-state index is -2.91. The molecule has 0 aromatic heterocycles. The standard InChI is InChI=1S/C26H29F3O/c1-6-8-9-10-11-19(7-2)23-17-16-22(18-24(23)25(3,4)27)30-21-14-12-20(13-15-21)26(5,28)29/h8-9,12-18H,2,6,10-11H2,1,3-5H3/b9-8-. The zero-order valence-corrected chi connectivity index (χ0v) is 18.1. The summed E-state index contributed by atoms with van der Waals surface area (Å²) in [6.07, 6.45) is 6.69. The fourth-order valence-electron chi connectivity index (χ4n) is 3.12. The van der Waals surface area contributed by atoms with Gasteiger partial charge in [0.2, 0.25) is 0 Å². The van der Waals surface area contributed by atoms with Gasteiger partial charge in [-0.3, -0.25) is 0 Å². The molecule has 0 spiro atoms. The lowest BCUT2D eigenvalue weighted by atomic mass is 9.89. The maximum Gasteiger partial charge on any atom is 0.270 e. The third-order valence-electron chi connectivity index (χ3n) is 4.73. The molecule has 0 saturated carbocycles. The number of benzene rings is 2. The third kappa shape index (κ3) is 6.40. The molecule has 30 heavy (non-hydrogen) atoms. The minimum Gasteiger partial charge on any atom is -0.457 e. The molecule has 0 aliphatic rings. The molecule has 1 nitrogen and oxygen atoms in total. The van der Waals surface area contributed by atoms with Crippen LogP contribution in [0.1, 0.15) is 63.6 Å². The van der Waals surface area contributed by atoms with E-state index in [0.717, 1.165) is 30.9 Å². The van der Waals surface area contributed by atoms with Gasteiger partial charge >= 0.3 is 0 Å². The molecular formula is C26H29F3O. The molecule has 4 heteroatoms. The van der Waals surface area contributed by atoms with E-state index in [1.807, 2.05) is 0 Å². The van der Waals surface area contributed by atoms with Crippen LogP contribution in [0.3, 0.4) is 0 Å². The van der Waals surface area contributed by atoms with Gasteiger partial charge in [0.25, 0.3) is 5.92 Å². The van der Waals surface area contributed by atoms with Gasteiger partial charge < -0.3 is 4.74 Å². The molecule has 0 heterocycles. The highest BCUT2D eigenvalue weighted by Crippen LogP contribution is 2.37. The summed E-state index contributed by atoms with van der Waals surface area (Å²) in [5.74, 6) is -2.07. The normalized spacial score (nSPS) is 12.1. The quantitative estimate of drug-likeness (QED) is 0.294. The number of rotatable bonds is 9. The van der Waals surface area contributed by atoms with Crippen LogP contribution < -0.4 is 4.74 Å².